The maximum atomic E-state index is 13.4. The Labute approximate surface area is 206 Å². The number of carbonyl (C=O) groups is 2. The predicted molar refractivity (Wildman–Crippen MR) is 128 cm³/mol. The fourth-order valence-electron chi connectivity index (χ4n) is 4.19. The number of rotatable bonds is 5. The Balaban J connectivity index is 1.52. The van der Waals surface area contributed by atoms with Crippen molar-refractivity contribution in [3.8, 4) is 11.8 Å². The highest BCUT2D eigenvalue weighted by Gasteiger charge is 2.36. The molecule has 35 heavy (non-hydrogen) atoms. The van der Waals surface area contributed by atoms with Crippen LogP contribution in [0.3, 0.4) is 0 Å². The van der Waals surface area contributed by atoms with E-state index in [9.17, 15) is 9.59 Å². The van der Waals surface area contributed by atoms with Crippen LogP contribution in [0.5, 0.6) is 11.8 Å². The minimum Gasteiger partial charge on any atom is -0.482 e. The Morgan fingerprint density at radius 1 is 1.09 bits per heavy atom. The van der Waals surface area contributed by atoms with Gasteiger partial charge in [-0.1, -0.05) is 48.0 Å². The molecule has 0 bridgehead atoms. The first-order valence-electron chi connectivity index (χ1n) is 10.9. The van der Waals surface area contributed by atoms with Crippen LogP contribution in [-0.4, -0.2) is 42.2 Å². The Kier molecular flexibility index (Phi) is 6.29. The fraction of sp³-hybridized carbons (Fsp3) is 0.192. The van der Waals surface area contributed by atoms with Gasteiger partial charge in [0.1, 0.15) is 11.3 Å². The Morgan fingerprint density at radius 2 is 1.89 bits per heavy atom. The predicted octanol–water partition coefficient (Wildman–Crippen LogP) is 5.18. The third-order valence-corrected chi connectivity index (χ3v) is 6.04. The number of ether oxygens (including phenoxy) is 3. The second kappa shape index (κ2) is 9.68. The number of nitrogens with zero attached hydrogens (tertiary/aromatic N) is 2. The molecule has 0 fully saturated rings. The average molecular weight is 493 g/mol. The third kappa shape index (κ3) is 4.65. The van der Waals surface area contributed by atoms with E-state index in [2.05, 4.69) is 4.98 Å². The molecule has 0 spiro atoms. The van der Waals surface area contributed by atoms with Crippen LogP contribution in [0.1, 0.15) is 22.7 Å². The molecule has 3 aromatic carbocycles. The number of para-hydroxylation sites is 2. The van der Waals surface area contributed by atoms with Crippen molar-refractivity contribution in [3.05, 3.63) is 88.4 Å². The van der Waals surface area contributed by atoms with Gasteiger partial charge in [0.2, 0.25) is 0 Å². The summed E-state index contributed by atoms with van der Waals surface area (Å²) in [5.74, 6) is -0.122. The quantitative estimate of drug-likeness (QED) is 0.354. The number of amides is 1. The van der Waals surface area contributed by atoms with Crippen molar-refractivity contribution in [1.82, 2.24) is 9.88 Å². The zero-order valence-electron chi connectivity index (χ0n) is 18.8. The smallest absolute Gasteiger partial charge is 0.419 e. The molecule has 9 heteroatoms. The number of carbonyl (C=O) groups excluding carboxylic acids is 2. The third-order valence-electron chi connectivity index (χ3n) is 5.81. The van der Waals surface area contributed by atoms with Crippen molar-refractivity contribution in [3.63, 3.8) is 0 Å². The molecule has 1 aliphatic heterocycles. The van der Waals surface area contributed by atoms with E-state index in [1.807, 2.05) is 36.4 Å². The van der Waals surface area contributed by atoms with E-state index in [1.54, 1.807) is 35.2 Å². The number of esters is 1. The standard InChI is InChI=1S/C26H21ClN2O6/c1-32-23(30)15-33-21-11-10-17(27)14-19(21)24-18-7-3-2-6-16(18)12-13-29(24)26(31)35-25-28-20-8-4-5-9-22(20)34-25/h2-11,14,24H,12-13,15H2,1H3/t24-/m0/s1. The topological polar surface area (TPSA) is 91.1 Å². The molecule has 8 nitrogen and oxygen atoms in total. The van der Waals surface area contributed by atoms with Crippen molar-refractivity contribution >= 4 is 34.8 Å². The molecule has 1 amide bonds. The first kappa shape index (κ1) is 22.7. The van der Waals surface area contributed by atoms with Gasteiger partial charge in [-0.3, -0.25) is 4.90 Å². The Hall–Kier alpha value is -4.04. The van der Waals surface area contributed by atoms with Crippen molar-refractivity contribution in [2.45, 2.75) is 12.5 Å². The highest BCUT2D eigenvalue weighted by Crippen LogP contribution is 2.41. The first-order chi connectivity index (χ1) is 17.0. The number of hydrogen-bond acceptors (Lipinski definition) is 7. The molecule has 1 aromatic heterocycles. The Bertz CT molecular complexity index is 1370. The van der Waals surface area contributed by atoms with Crippen LogP contribution in [0.2, 0.25) is 5.02 Å². The fourth-order valence-corrected chi connectivity index (χ4v) is 4.37. The lowest BCUT2D eigenvalue weighted by Gasteiger charge is -2.37. The van der Waals surface area contributed by atoms with E-state index in [0.29, 0.717) is 40.4 Å². The van der Waals surface area contributed by atoms with Gasteiger partial charge in [0.05, 0.1) is 13.2 Å². The van der Waals surface area contributed by atoms with E-state index < -0.39 is 18.1 Å². The SMILES string of the molecule is COC(=O)COc1ccc(Cl)cc1[C@@H]1c2ccccc2CCN1C(=O)Oc1nc2ccccc2o1. The van der Waals surface area contributed by atoms with Crippen LogP contribution in [0.15, 0.2) is 71.1 Å². The summed E-state index contributed by atoms with van der Waals surface area (Å²) < 4.78 is 21.6. The number of aromatic nitrogens is 1. The molecule has 0 N–H and O–H groups in total. The largest absolute Gasteiger partial charge is 0.482 e. The molecule has 0 unspecified atom stereocenters. The van der Waals surface area contributed by atoms with Crippen LogP contribution >= 0.6 is 11.6 Å². The number of oxazole rings is 1. The minimum absolute atomic E-state index is 0.137. The van der Waals surface area contributed by atoms with Crippen molar-refractivity contribution in [2.75, 3.05) is 20.3 Å². The summed E-state index contributed by atoms with van der Waals surface area (Å²) in [4.78, 5) is 30.9. The number of halogens is 1. The molecule has 0 saturated heterocycles. The van der Waals surface area contributed by atoms with Gasteiger partial charge in [-0.25, -0.2) is 9.59 Å². The summed E-state index contributed by atoms with van der Waals surface area (Å²) in [7, 11) is 1.29. The van der Waals surface area contributed by atoms with E-state index in [4.69, 9.17) is 30.2 Å². The number of fused-ring (bicyclic) bond motifs is 2. The van der Waals surface area contributed by atoms with Crippen molar-refractivity contribution < 1.29 is 28.2 Å². The van der Waals surface area contributed by atoms with E-state index in [0.717, 1.165) is 11.1 Å². The van der Waals surface area contributed by atoms with Gasteiger partial charge < -0.3 is 18.6 Å². The van der Waals surface area contributed by atoms with Crippen molar-refractivity contribution in [1.29, 1.82) is 0 Å². The van der Waals surface area contributed by atoms with E-state index in [1.165, 1.54) is 7.11 Å². The normalized spacial score (nSPS) is 14.9. The number of benzene rings is 3. The van der Waals surface area contributed by atoms with Gasteiger partial charge in [0.15, 0.2) is 12.2 Å². The second-order valence-electron chi connectivity index (χ2n) is 7.91. The molecule has 178 valence electrons. The van der Waals surface area contributed by atoms with Crippen LogP contribution in [-0.2, 0) is 16.0 Å². The maximum absolute atomic E-state index is 13.4. The molecule has 0 aliphatic carbocycles. The summed E-state index contributed by atoms with van der Waals surface area (Å²) in [5.41, 5.74) is 3.71. The van der Waals surface area contributed by atoms with Crippen LogP contribution in [0.4, 0.5) is 4.79 Å². The lowest BCUT2D eigenvalue weighted by Crippen LogP contribution is -2.42. The molecule has 4 aromatic rings. The van der Waals surface area contributed by atoms with Crippen LogP contribution in [0.25, 0.3) is 11.1 Å². The van der Waals surface area contributed by atoms with Gasteiger partial charge in [-0.15, -0.1) is 0 Å². The highest BCUT2D eigenvalue weighted by atomic mass is 35.5. The maximum Gasteiger partial charge on any atom is 0.419 e. The molecule has 2 heterocycles. The van der Waals surface area contributed by atoms with Gasteiger partial charge in [-0.2, -0.15) is 4.98 Å². The number of methoxy groups -OCH3 is 1. The monoisotopic (exact) mass is 492 g/mol. The van der Waals surface area contributed by atoms with E-state index >= 15 is 0 Å². The van der Waals surface area contributed by atoms with Crippen LogP contribution < -0.4 is 9.47 Å². The summed E-state index contributed by atoms with van der Waals surface area (Å²) in [6.45, 7) is 0.0938. The lowest BCUT2D eigenvalue weighted by molar-refractivity contribution is -0.142. The highest BCUT2D eigenvalue weighted by molar-refractivity contribution is 6.30. The van der Waals surface area contributed by atoms with Crippen LogP contribution in [0, 0.1) is 0 Å². The van der Waals surface area contributed by atoms with Gasteiger partial charge in [-0.05, 0) is 47.9 Å². The van der Waals surface area contributed by atoms with Crippen molar-refractivity contribution in [2.24, 2.45) is 0 Å². The minimum atomic E-state index is -0.630. The number of hydrogen-bond donors (Lipinski definition) is 0. The Morgan fingerprint density at radius 3 is 2.71 bits per heavy atom. The molecular formula is C26H21ClN2O6. The van der Waals surface area contributed by atoms with E-state index in [-0.39, 0.29) is 12.7 Å². The summed E-state index contributed by atoms with van der Waals surface area (Å²) in [5, 5.41) is 0.459. The summed E-state index contributed by atoms with van der Waals surface area (Å²) >= 11 is 6.35. The summed E-state index contributed by atoms with van der Waals surface area (Å²) in [6, 6.07) is 19.4. The van der Waals surface area contributed by atoms with Gasteiger partial charge in [0, 0.05) is 17.1 Å². The zero-order chi connectivity index (χ0) is 24.4. The first-order valence-corrected chi connectivity index (χ1v) is 11.3. The molecular weight excluding hydrogens is 472 g/mol. The molecule has 1 atom stereocenters. The second-order valence-corrected chi connectivity index (χ2v) is 8.34. The molecule has 5 rings (SSSR count). The molecule has 0 saturated carbocycles. The zero-order valence-corrected chi connectivity index (χ0v) is 19.5. The average Bonchev–Trinajstić information content (AvgIpc) is 3.29. The summed E-state index contributed by atoms with van der Waals surface area (Å²) in [6.07, 6.45) is -0.133. The molecule has 1 aliphatic rings. The lowest BCUT2D eigenvalue weighted by atomic mass is 9.88. The van der Waals surface area contributed by atoms with Gasteiger partial charge >= 0.3 is 18.1 Å². The molecule has 0 radical (unpaired) electrons. The van der Waals surface area contributed by atoms with Gasteiger partial charge in [0.25, 0.3) is 0 Å².